The maximum absolute atomic E-state index is 13.1. The standard InChI is InChI=1S/C23H25F3N6O5/c1-22(36-3)4-6-31(7-5-22)18-14-8-16(19(33)29-13-11-30(2)12-13)28-10-17(14)32(20(34)15(18)9-27)37-21(35)23(24,25)26/h8,10,13H,4-7,11-12H2,1-3H3,(H,29,33). The molecule has 1 amide bonds. The number of nitriles is 1. The van der Waals surface area contributed by atoms with Gasteiger partial charge < -0.3 is 24.7 Å². The number of likely N-dealkylation sites (N-methyl/N-ethyl adjacent to an activating group) is 1. The molecule has 2 aromatic heterocycles. The Bertz CT molecular complexity index is 1340. The topological polar surface area (TPSA) is 130 Å². The lowest BCUT2D eigenvalue weighted by molar-refractivity contribution is -0.199. The molecule has 4 rings (SSSR count). The van der Waals surface area contributed by atoms with Gasteiger partial charge in [-0.3, -0.25) is 9.59 Å². The van der Waals surface area contributed by atoms with E-state index in [0.29, 0.717) is 39.0 Å². The number of amides is 1. The second-order valence-electron chi connectivity index (χ2n) is 9.43. The molecule has 0 unspecified atom stereocenters. The second-order valence-corrected chi connectivity index (χ2v) is 9.43. The van der Waals surface area contributed by atoms with Crippen LogP contribution in [-0.4, -0.2) is 84.6 Å². The number of pyridine rings is 2. The number of nitrogens with one attached hydrogen (secondary N) is 1. The van der Waals surface area contributed by atoms with E-state index in [0.717, 1.165) is 6.20 Å². The monoisotopic (exact) mass is 522 g/mol. The summed E-state index contributed by atoms with van der Waals surface area (Å²) in [6.07, 6.45) is -3.33. The molecule has 37 heavy (non-hydrogen) atoms. The summed E-state index contributed by atoms with van der Waals surface area (Å²) in [6.45, 7) is 3.92. The molecule has 2 fully saturated rings. The third kappa shape index (κ3) is 5.09. The summed E-state index contributed by atoms with van der Waals surface area (Å²) >= 11 is 0. The molecule has 0 bridgehead atoms. The van der Waals surface area contributed by atoms with Crippen molar-refractivity contribution in [2.45, 2.75) is 37.6 Å². The largest absolute Gasteiger partial charge is 0.493 e. The van der Waals surface area contributed by atoms with Gasteiger partial charge in [-0.2, -0.15) is 18.4 Å². The lowest BCUT2D eigenvalue weighted by Gasteiger charge is -2.40. The van der Waals surface area contributed by atoms with E-state index in [1.54, 1.807) is 18.1 Å². The van der Waals surface area contributed by atoms with Crippen molar-refractivity contribution in [2.24, 2.45) is 0 Å². The molecule has 14 heteroatoms. The Balaban J connectivity index is 1.85. The molecule has 0 aliphatic carbocycles. The van der Waals surface area contributed by atoms with Crippen LogP contribution in [0.5, 0.6) is 0 Å². The fourth-order valence-corrected chi connectivity index (χ4v) is 4.48. The first-order chi connectivity index (χ1) is 17.4. The Labute approximate surface area is 209 Å². The zero-order valence-electron chi connectivity index (χ0n) is 20.4. The van der Waals surface area contributed by atoms with E-state index in [9.17, 15) is 32.8 Å². The van der Waals surface area contributed by atoms with Crippen LogP contribution in [0.1, 0.15) is 35.8 Å². The summed E-state index contributed by atoms with van der Waals surface area (Å²) in [5, 5.41) is 12.7. The van der Waals surface area contributed by atoms with Crippen LogP contribution in [0.15, 0.2) is 17.1 Å². The normalized spacial score (nSPS) is 18.2. The molecule has 11 nitrogen and oxygen atoms in total. The van der Waals surface area contributed by atoms with Gasteiger partial charge in [0, 0.05) is 38.7 Å². The minimum absolute atomic E-state index is 0.0676. The van der Waals surface area contributed by atoms with E-state index in [2.05, 4.69) is 15.1 Å². The second kappa shape index (κ2) is 9.64. The Morgan fingerprint density at radius 2 is 1.92 bits per heavy atom. The van der Waals surface area contributed by atoms with E-state index in [1.165, 1.54) is 6.07 Å². The van der Waals surface area contributed by atoms with Gasteiger partial charge in [0.05, 0.1) is 23.5 Å². The van der Waals surface area contributed by atoms with Gasteiger partial charge in [0.2, 0.25) is 0 Å². The number of rotatable bonds is 5. The molecule has 198 valence electrons. The first kappa shape index (κ1) is 26.4. The van der Waals surface area contributed by atoms with E-state index >= 15 is 0 Å². The predicted octanol–water partition coefficient (Wildman–Crippen LogP) is 0.835. The first-order valence-corrected chi connectivity index (χ1v) is 11.4. The van der Waals surface area contributed by atoms with Gasteiger partial charge in [-0.05, 0) is 32.9 Å². The number of aromatic nitrogens is 2. The van der Waals surface area contributed by atoms with Crippen molar-refractivity contribution in [1.82, 2.24) is 19.9 Å². The third-order valence-corrected chi connectivity index (χ3v) is 6.77. The van der Waals surface area contributed by atoms with Crippen LogP contribution in [-0.2, 0) is 9.53 Å². The van der Waals surface area contributed by atoms with Gasteiger partial charge in [-0.1, -0.05) is 0 Å². The molecule has 0 aromatic carbocycles. The molecule has 4 heterocycles. The third-order valence-electron chi connectivity index (χ3n) is 6.77. The maximum Gasteiger partial charge on any atom is 0.493 e. The number of anilines is 1. The number of piperidine rings is 1. The van der Waals surface area contributed by atoms with Crippen molar-refractivity contribution in [3.63, 3.8) is 0 Å². The Kier molecular flexibility index (Phi) is 6.87. The lowest BCUT2D eigenvalue weighted by atomic mass is 9.92. The smallest absolute Gasteiger partial charge is 0.378 e. The number of halogens is 3. The molecular weight excluding hydrogens is 497 g/mol. The van der Waals surface area contributed by atoms with E-state index in [1.807, 2.05) is 18.9 Å². The van der Waals surface area contributed by atoms with Crippen molar-refractivity contribution >= 4 is 28.5 Å². The van der Waals surface area contributed by atoms with Gasteiger partial charge >= 0.3 is 17.7 Å². The highest BCUT2D eigenvalue weighted by atomic mass is 19.4. The van der Waals surface area contributed by atoms with Crippen LogP contribution in [0, 0.1) is 11.3 Å². The SMILES string of the molecule is COC1(C)CCN(c2c(C#N)c(=O)n(OC(=O)C(F)(F)F)c3cnc(C(=O)NC4CN(C)C4)cc23)CC1. The van der Waals surface area contributed by atoms with E-state index in [-0.39, 0.29) is 33.1 Å². The fraction of sp³-hybridized carbons (Fsp3) is 0.522. The number of fused-ring (bicyclic) bond motifs is 1. The van der Waals surface area contributed by atoms with Crippen LogP contribution < -0.4 is 20.6 Å². The Hall–Kier alpha value is -3.70. The maximum atomic E-state index is 13.1. The molecule has 0 atom stereocenters. The highest BCUT2D eigenvalue weighted by molar-refractivity contribution is 6.01. The van der Waals surface area contributed by atoms with Gasteiger partial charge in [-0.25, -0.2) is 9.78 Å². The Morgan fingerprint density at radius 3 is 2.46 bits per heavy atom. The quantitative estimate of drug-likeness (QED) is 0.607. The number of alkyl halides is 3. The van der Waals surface area contributed by atoms with Crippen molar-refractivity contribution in [3.05, 3.63) is 33.9 Å². The summed E-state index contributed by atoms with van der Waals surface area (Å²) in [5.74, 6) is -3.17. The van der Waals surface area contributed by atoms with Crippen LogP contribution in [0.2, 0.25) is 0 Å². The van der Waals surface area contributed by atoms with Gasteiger partial charge in [0.15, 0.2) is 0 Å². The first-order valence-electron chi connectivity index (χ1n) is 11.4. The number of likely N-dealkylation sites (tertiary alicyclic amines) is 1. The number of hydrogen-bond acceptors (Lipinski definition) is 9. The lowest BCUT2D eigenvalue weighted by Crippen LogP contribution is -2.57. The van der Waals surface area contributed by atoms with Crippen molar-refractivity contribution < 1.29 is 32.3 Å². The average Bonchev–Trinajstić information content (AvgIpc) is 2.84. The van der Waals surface area contributed by atoms with Crippen molar-refractivity contribution in [1.29, 1.82) is 5.26 Å². The number of ether oxygens (including phenoxy) is 1. The molecule has 0 spiro atoms. The zero-order chi connectivity index (χ0) is 27.1. The molecule has 2 saturated heterocycles. The Morgan fingerprint density at radius 1 is 1.27 bits per heavy atom. The fourth-order valence-electron chi connectivity index (χ4n) is 4.48. The van der Waals surface area contributed by atoms with Crippen molar-refractivity contribution in [3.8, 4) is 6.07 Å². The summed E-state index contributed by atoms with van der Waals surface area (Å²) in [5.41, 5.74) is -2.45. The molecule has 0 radical (unpaired) electrons. The molecule has 2 aliphatic rings. The minimum atomic E-state index is -5.39. The molecule has 0 saturated carbocycles. The van der Waals surface area contributed by atoms with Crippen LogP contribution >= 0.6 is 0 Å². The molecule has 2 aromatic rings. The van der Waals surface area contributed by atoms with Crippen LogP contribution in [0.3, 0.4) is 0 Å². The van der Waals surface area contributed by atoms with Gasteiger partial charge in [0.25, 0.3) is 5.91 Å². The summed E-state index contributed by atoms with van der Waals surface area (Å²) < 4.78 is 44.5. The number of carbonyl (C=O) groups is 2. The van der Waals surface area contributed by atoms with E-state index in [4.69, 9.17) is 4.74 Å². The van der Waals surface area contributed by atoms with E-state index < -0.39 is 34.8 Å². The van der Waals surface area contributed by atoms with Crippen LogP contribution in [0.4, 0.5) is 18.9 Å². The van der Waals surface area contributed by atoms with Gasteiger partial charge in [-0.15, -0.1) is 4.73 Å². The highest BCUT2D eigenvalue weighted by Gasteiger charge is 2.43. The zero-order valence-corrected chi connectivity index (χ0v) is 20.4. The summed E-state index contributed by atoms with van der Waals surface area (Å²) in [6, 6.07) is 2.92. The summed E-state index contributed by atoms with van der Waals surface area (Å²) in [7, 11) is 3.47. The van der Waals surface area contributed by atoms with Gasteiger partial charge in [0.1, 0.15) is 22.8 Å². The number of nitrogens with zero attached hydrogens (tertiary/aromatic N) is 5. The molecule has 2 aliphatic heterocycles. The predicted molar refractivity (Wildman–Crippen MR) is 124 cm³/mol. The number of hydrogen-bond donors (Lipinski definition) is 1. The average molecular weight is 522 g/mol. The molecule has 1 N–H and O–H groups in total. The van der Waals surface area contributed by atoms with Crippen molar-refractivity contribution in [2.75, 3.05) is 45.2 Å². The minimum Gasteiger partial charge on any atom is -0.378 e. The molecular formula is C23H25F3N6O5. The number of methoxy groups -OCH3 is 1. The number of carbonyl (C=O) groups excluding carboxylic acids is 2. The highest BCUT2D eigenvalue weighted by Crippen LogP contribution is 2.34. The van der Waals surface area contributed by atoms with Crippen LogP contribution in [0.25, 0.3) is 10.9 Å². The summed E-state index contributed by atoms with van der Waals surface area (Å²) in [4.78, 5) is 49.6.